The fraction of sp³-hybridized carbons (Fsp3) is 0.632. The molecule has 0 aliphatic carbocycles. The molecule has 2 rings (SSSR count). The summed E-state index contributed by atoms with van der Waals surface area (Å²) in [5.74, 6) is 0.368. The van der Waals surface area contributed by atoms with Gasteiger partial charge in [0.25, 0.3) is 0 Å². The van der Waals surface area contributed by atoms with Crippen LogP contribution in [0.1, 0.15) is 38.2 Å². The normalized spacial score (nSPS) is 18.3. The molecule has 128 valence electrons. The maximum Gasteiger partial charge on any atom is 0.143 e. The third-order valence-corrected chi connectivity index (χ3v) is 5.29. The fourth-order valence-electron chi connectivity index (χ4n) is 3.60. The van der Waals surface area contributed by atoms with Gasteiger partial charge in [-0.05, 0) is 77.2 Å². The van der Waals surface area contributed by atoms with Crippen LogP contribution in [-0.4, -0.2) is 55.9 Å². The van der Waals surface area contributed by atoms with Gasteiger partial charge in [0.2, 0.25) is 0 Å². The zero-order valence-electron chi connectivity index (χ0n) is 14.6. The average Bonchev–Trinajstić information content (AvgIpc) is 2.55. The Hall–Kier alpha value is -0.900. The molecule has 1 aliphatic heterocycles. The third kappa shape index (κ3) is 4.56. The zero-order valence-corrected chi connectivity index (χ0v) is 15.4. The molecule has 1 aliphatic rings. The van der Waals surface area contributed by atoms with Crippen LogP contribution in [0, 0.1) is 0 Å². The molecule has 0 amide bonds. The van der Waals surface area contributed by atoms with Crippen LogP contribution in [0.4, 0.5) is 0 Å². The molecule has 0 N–H and O–H groups in total. The van der Waals surface area contributed by atoms with Crippen molar-refractivity contribution in [2.24, 2.45) is 0 Å². The minimum Gasteiger partial charge on any atom is -0.309 e. The number of halogens is 1. The van der Waals surface area contributed by atoms with E-state index in [1.165, 1.54) is 6.42 Å². The molecule has 0 atom stereocenters. The van der Waals surface area contributed by atoms with Crippen molar-refractivity contribution in [2.45, 2.75) is 38.0 Å². The lowest BCUT2D eigenvalue weighted by atomic mass is 9.69. The van der Waals surface area contributed by atoms with Gasteiger partial charge in [0.05, 0.1) is 5.41 Å². The van der Waals surface area contributed by atoms with Crippen LogP contribution in [0.15, 0.2) is 24.3 Å². The molecule has 0 bridgehead atoms. The monoisotopic (exact) mass is 336 g/mol. The highest BCUT2D eigenvalue weighted by Crippen LogP contribution is 2.38. The van der Waals surface area contributed by atoms with Crippen molar-refractivity contribution in [2.75, 3.05) is 40.3 Å². The number of hydrogen-bond donors (Lipinski definition) is 0. The summed E-state index contributed by atoms with van der Waals surface area (Å²) in [5.41, 5.74) is 0.832. The summed E-state index contributed by atoms with van der Waals surface area (Å²) in [6.07, 6.45) is 3.62. The third-order valence-electron chi connectivity index (χ3n) is 5.04. The maximum atomic E-state index is 12.7. The highest BCUT2D eigenvalue weighted by molar-refractivity contribution is 6.30. The van der Waals surface area contributed by atoms with Crippen molar-refractivity contribution in [1.29, 1.82) is 0 Å². The molecule has 0 aromatic heterocycles. The number of carbonyl (C=O) groups excluding carboxylic acids is 1. The molecule has 1 aromatic carbocycles. The van der Waals surface area contributed by atoms with Gasteiger partial charge in [0.1, 0.15) is 5.78 Å². The summed E-state index contributed by atoms with van der Waals surface area (Å²) in [7, 11) is 4.23. The number of hydrogen-bond acceptors (Lipinski definition) is 3. The fourth-order valence-corrected chi connectivity index (χ4v) is 3.73. The van der Waals surface area contributed by atoms with E-state index < -0.39 is 0 Å². The Bertz CT molecular complexity index is 505. The average molecular weight is 337 g/mol. The standard InChI is InChI=1S/C19H29ClN2O/c1-4-18(23)19(16-6-8-17(20)9-7-16)10-14-22(15-11-19)13-5-12-21(2)3/h6-9H,4-5,10-15H2,1-3H3. The smallest absolute Gasteiger partial charge is 0.143 e. The predicted octanol–water partition coefficient (Wildman–Crippen LogP) is 3.60. The lowest BCUT2D eigenvalue weighted by Crippen LogP contribution is -2.47. The topological polar surface area (TPSA) is 23.6 Å². The summed E-state index contributed by atoms with van der Waals surface area (Å²) in [6, 6.07) is 7.89. The Balaban J connectivity index is 2.05. The van der Waals surface area contributed by atoms with Gasteiger partial charge in [-0.3, -0.25) is 4.79 Å². The molecule has 0 spiro atoms. The Labute approximate surface area is 145 Å². The number of piperidine rings is 1. The molecule has 1 saturated heterocycles. The minimum absolute atomic E-state index is 0.308. The summed E-state index contributed by atoms with van der Waals surface area (Å²) >= 11 is 6.02. The van der Waals surface area contributed by atoms with Crippen molar-refractivity contribution in [3.05, 3.63) is 34.9 Å². The largest absolute Gasteiger partial charge is 0.309 e. The zero-order chi connectivity index (χ0) is 16.9. The first kappa shape index (κ1) is 18.4. The van der Waals surface area contributed by atoms with Gasteiger partial charge in [0, 0.05) is 11.4 Å². The lowest BCUT2D eigenvalue weighted by Gasteiger charge is -2.41. The van der Waals surface area contributed by atoms with Crippen molar-refractivity contribution < 1.29 is 4.79 Å². The van der Waals surface area contributed by atoms with Crippen LogP contribution >= 0.6 is 11.6 Å². The molecular weight excluding hydrogens is 308 g/mol. The molecule has 0 saturated carbocycles. The SMILES string of the molecule is CCC(=O)C1(c2ccc(Cl)cc2)CCN(CCCN(C)C)CC1. The number of Topliss-reactive ketones (excluding diaryl/α,β-unsaturated/α-hetero) is 1. The lowest BCUT2D eigenvalue weighted by molar-refractivity contribution is -0.126. The first-order chi connectivity index (χ1) is 11.0. The number of benzene rings is 1. The number of ketones is 1. The van der Waals surface area contributed by atoms with Gasteiger partial charge in [-0.2, -0.15) is 0 Å². The van der Waals surface area contributed by atoms with E-state index >= 15 is 0 Å². The molecule has 1 aromatic rings. The van der Waals surface area contributed by atoms with E-state index in [2.05, 4.69) is 23.9 Å². The van der Waals surface area contributed by atoms with Crippen molar-refractivity contribution >= 4 is 17.4 Å². The molecular formula is C19H29ClN2O. The van der Waals surface area contributed by atoms with E-state index in [4.69, 9.17) is 11.6 Å². The summed E-state index contributed by atoms with van der Waals surface area (Å²) in [6.45, 7) is 6.22. The molecule has 0 radical (unpaired) electrons. The number of rotatable bonds is 7. The molecule has 4 heteroatoms. The second-order valence-corrected chi connectivity index (χ2v) is 7.30. The summed E-state index contributed by atoms with van der Waals surface area (Å²) in [4.78, 5) is 17.5. The van der Waals surface area contributed by atoms with Gasteiger partial charge >= 0.3 is 0 Å². The van der Waals surface area contributed by atoms with Gasteiger partial charge in [-0.15, -0.1) is 0 Å². The molecule has 3 nitrogen and oxygen atoms in total. The Morgan fingerprint density at radius 1 is 1.22 bits per heavy atom. The molecule has 23 heavy (non-hydrogen) atoms. The van der Waals surface area contributed by atoms with Gasteiger partial charge in [-0.1, -0.05) is 30.7 Å². The molecule has 1 fully saturated rings. The molecule has 0 unspecified atom stereocenters. The number of carbonyl (C=O) groups is 1. The van der Waals surface area contributed by atoms with Crippen LogP contribution < -0.4 is 0 Å². The number of likely N-dealkylation sites (tertiary alicyclic amines) is 1. The summed E-state index contributed by atoms with van der Waals surface area (Å²) < 4.78 is 0. The van der Waals surface area contributed by atoms with Gasteiger partial charge in [-0.25, -0.2) is 0 Å². The first-order valence-corrected chi connectivity index (χ1v) is 9.02. The Morgan fingerprint density at radius 2 is 1.83 bits per heavy atom. The van der Waals surface area contributed by atoms with Gasteiger partial charge < -0.3 is 9.80 Å². The predicted molar refractivity (Wildman–Crippen MR) is 97.3 cm³/mol. The minimum atomic E-state index is -0.308. The quantitative estimate of drug-likeness (QED) is 0.760. The van der Waals surface area contributed by atoms with Crippen LogP contribution in [0.3, 0.4) is 0 Å². The Kier molecular flexibility index (Phi) is 6.63. The van der Waals surface area contributed by atoms with Crippen LogP contribution in [0.2, 0.25) is 5.02 Å². The van der Waals surface area contributed by atoms with Crippen LogP contribution in [-0.2, 0) is 10.2 Å². The second kappa shape index (κ2) is 8.27. The van der Waals surface area contributed by atoms with E-state index in [0.717, 1.165) is 49.6 Å². The van der Waals surface area contributed by atoms with Crippen molar-refractivity contribution in [3.63, 3.8) is 0 Å². The van der Waals surface area contributed by atoms with Gasteiger partial charge in [0.15, 0.2) is 0 Å². The highest BCUT2D eigenvalue weighted by atomic mass is 35.5. The van der Waals surface area contributed by atoms with E-state index in [1.54, 1.807) is 0 Å². The van der Waals surface area contributed by atoms with Crippen molar-refractivity contribution in [1.82, 2.24) is 9.80 Å². The Morgan fingerprint density at radius 3 is 2.35 bits per heavy atom. The molecule has 1 heterocycles. The van der Waals surface area contributed by atoms with E-state index in [-0.39, 0.29) is 5.41 Å². The van der Waals surface area contributed by atoms with Crippen molar-refractivity contribution in [3.8, 4) is 0 Å². The van der Waals surface area contributed by atoms with E-state index in [1.807, 2.05) is 31.2 Å². The van der Waals surface area contributed by atoms with E-state index in [0.29, 0.717) is 12.2 Å². The number of nitrogens with zero attached hydrogens (tertiary/aromatic N) is 2. The summed E-state index contributed by atoms with van der Waals surface area (Å²) in [5, 5.41) is 0.731. The van der Waals surface area contributed by atoms with Crippen LogP contribution in [0.25, 0.3) is 0 Å². The van der Waals surface area contributed by atoms with Crippen LogP contribution in [0.5, 0.6) is 0 Å². The highest BCUT2D eigenvalue weighted by Gasteiger charge is 2.41. The maximum absolute atomic E-state index is 12.7. The van der Waals surface area contributed by atoms with E-state index in [9.17, 15) is 4.79 Å². The first-order valence-electron chi connectivity index (χ1n) is 8.64. The second-order valence-electron chi connectivity index (χ2n) is 6.86.